The molecule has 1 aromatic carbocycles. The molecule has 15 heavy (non-hydrogen) atoms. The van der Waals surface area contributed by atoms with Gasteiger partial charge in [0.15, 0.2) is 0 Å². The van der Waals surface area contributed by atoms with Gasteiger partial charge in [-0.1, -0.05) is 13.8 Å². The van der Waals surface area contributed by atoms with E-state index in [2.05, 4.69) is 5.32 Å². The quantitative estimate of drug-likeness (QED) is 0.656. The van der Waals surface area contributed by atoms with Gasteiger partial charge >= 0.3 is 0 Å². The number of hydrogen-bond acceptors (Lipinski definition) is 3. The summed E-state index contributed by atoms with van der Waals surface area (Å²) < 4.78 is 0. The average Bonchev–Trinajstić information content (AvgIpc) is 2.20. The number of aromatic hydroxyl groups is 1. The lowest BCUT2D eigenvalue weighted by atomic mass is 10.1. The molecule has 0 saturated carbocycles. The highest BCUT2D eigenvalue weighted by atomic mass is 16.3. The zero-order valence-corrected chi connectivity index (χ0v) is 8.90. The molecule has 0 unspecified atom stereocenters. The molecule has 82 valence electrons. The highest BCUT2D eigenvalue weighted by Crippen LogP contribution is 2.14. The van der Waals surface area contributed by atoms with E-state index in [4.69, 9.17) is 10.8 Å². The van der Waals surface area contributed by atoms with Gasteiger partial charge in [0.05, 0.1) is 6.04 Å². The molecule has 1 amide bonds. The summed E-state index contributed by atoms with van der Waals surface area (Å²) in [5, 5.41) is 11.7. The highest BCUT2D eigenvalue weighted by Gasteiger charge is 2.16. The van der Waals surface area contributed by atoms with E-state index in [0.717, 1.165) is 0 Å². The van der Waals surface area contributed by atoms with Crippen LogP contribution in [0.5, 0.6) is 5.75 Å². The fourth-order valence-corrected chi connectivity index (χ4v) is 1.07. The van der Waals surface area contributed by atoms with Gasteiger partial charge in [-0.3, -0.25) is 4.79 Å². The second kappa shape index (κ2) is 4.79. The lowest BCUT2D eigenvalue weighted by Crippen LogP contribution is -2.39. The largest absolute Gasteiger partial charge is 0.508 e. The van der Waals surface area contributed by atoms with Crippen LogP contribution >= 0.6 is 0 Å². The van der Waals surface area contributed by atoms with Crippen LogP contribution in [0.15, 0.2) is 24.3 Å². The number of hydrogen-bond donors (Lipinski definition) is 3. The number of rotatable bonds is 3. The van der Waals surface area contributed by atoms with Crippen LogP contribution in [0.4, 0.5) is 5.69 Å². The summed E-state index contributed by atoms with van der Waals surface area (Å²) in [5.41, 5.74) is 6.31. The first-order valence-corrected chi connectivity index (χ1v) is 4.86. The van der Waals surface area contributed by atoms with Crippen molar-refractivity contribution in [3.63, 3.8) is 0 Å². The Balaban J connectivity index is 2.62. The van der Waals surface area contributed by atoms with E-state index in [9.17, 15) is 4.79 Å². The summed E-state index contributed by atoms with van der Waals surface area (Å²) in [6, 6.07) is 5.76. The number of amides is 1. The smallest absolute Gasteiger partial charge is 0.241 e. The molecule has 4 heteroatoms. The lowest BCUT2D eigenvalue weighted by Gasteiger charge is -2.15. The molecular formula is C11H16N2O2. The first-order valence-electron chi connectivity index (χ1n) is 4.86. The molecule has 1 aromatic rings. The first kappa shape index (κ1) is 11.5. The van der Waals surface area contributed by atoms with Crippen molar-refractivity contribution in [3.05, 3.63) is 24.3 Å². The summed E-state index contributed by atoms with van der Waals surface area (Å²) >= 11 is 0. The van der Waals surface area contributed by atoms with Crippen molar-refractivity contribution < 1.29 is 9.90 Å². The predicted molar refractivity (Wildman–Crippen MR) is 59.5 cm³/mol. The normalized spacial score (nSPS) is 12.5. The Morgan fingerprint density at radius 1 is 1.33 bits per heavy atom. The predicted octanol–water partition coefficient (Wildman–Crippen LogP) is 1.31. The van der Waals surface area contributed by atoms with Crippen LogP contribution < -0.4 is 11.1 Å². The Kier molecular flexibility index (Phi) is 3.68. The van der Waals surface area contributed by atoms with Crippen molar-refractivity contribution in [2.75, 3.05) is 5.32 Å². The fraction of sp³-hybridized carbons (Fsp3) is 0.364. The summed E-state index contributed by atoms with van der Waals surface area (Å²) in [6.07, 6.45) is 0. The van der Waals surface area contributed by atoms with Crippen LogP contribution in [-0.4, -0.2) is 17.1 Å². The molecule has 0 aliphatic carbocycles. The van der Waals surface area contributed by atoms with Gasteiger partial charge in [0, 0.05) is 5.69 Å². The van der Waals surface area contributed by atoms with Crippen molar-refractivity contribution >= 4 is 11.6 Å². The van der Waals surface area contributed by atoms with Gasteiger partial charge in [0.1, 0.15) is 5.75 Å². The molecule has 1 atom stereocenters. The van der Waals surface area contributed by atoms with E-state index in [0.29, 0.717) is 5.69 Å². The molecule has 0 saturated heterocycles. The molecule has 0 heterocycles. The molecule has 4 N–H and O–H groups in total. The van der Waals surface area contributed by atoms with Crippen molar-refractivity contribution in [3.8, 4) is 5.75 Å². The Morgan fingerprint density at radius 3 is 2.33 bits per heavy atom. The van der Waals surface area contributed by atoms with Crippen LogP contribution in [0.2, 0.25) is 0 Å². The monoisotopic (exact) mass is 208 g/mol. The van der Waals surface area contributed by atoms with Crippen molar-refractivity contribution in [2.24, 2.45) is 11.7 Å². The van der Waals surface area contributed by atoms with Crippen LogP contribution in [0.25, 0.3) is 0 Å². The van der Waals surface area contributed by atoms with E-state index in [-0.39, 0.29) is 17.6 Å². The van der Waals surface area contributed by atoms with Crippen molar-refractivity contribution in [1.82, 2.24) is 0 Å². The van der Waals surface area contributed by atoms with Crippen LogP contribution in [0, 0.1) is 5.92 Å². The van der Waals surface area contributed by atoms with Crippen LogP contribution in [0.3, 0.4) is 0 Å². The third-order valence-electron chi connectivity index (χ3n) is 2.16. The minimum Gasteiger partial charge on any atom is -0.508 e. The second-order valence-electron chi connectivity index (χ2n) is 3.81. The Morgan fingerprint density at radius 2 is 1.87 bits per heavy atom. The van der Waals surface area contributed by atoms with Gasteiger partial charge in [-0.15, -0.1) is 0 Å². The molecular weight excluding hydrogens is 192 g/mol. The zero-order valence-electron chi connectivity index (χ0n) is 8.90. The Hall–Kier alpha value is -1.55. The number of nitrogens with two attached hydrogens (primary N) is 1. The molecule has 0 aromatic heterocycles. The molecule has 0 radical (unpaired) electrons. The lowest BCUT2D eigenvalue weighted by molar-refractivity contribution is -0.118. The molecule has 4 nitrogen and oxygen atoms in total. The summed E-state index contributed by atoms with van der Waals surface area (Å²) in [5.74, 6) is 0.0546. The summed E-state index contributed by atoms with van der Waals surface area (Å²) in [7, 11) is 0. The molecule has 0 bridgehead atoms. The molecule has 0 aliphatic heterocycles. The van der Waals surface area contributed by atoms with Gasteiger partial charge in [0.25, 0.3) is 0 Å². The minimum absolute atomic E-state index is 0.0992. The third-order valence-corrected chi connectivity index (χ3v) is 2.16. The molecule has 0 aliphatic rings. The van der Waals surface area contributed by atoms with E-state index in [1.807, 2.05) is 13.8 Å². The van der Waals surface area contributed by atoms with Crippen molar-refractivity contribution in [1.29, 1.82) is 0 Å². The molecule has 0 spiro atoms. The average molecular weight is 208 g/mol. The number of nitrogens with one attached hydrogen (secondary N) is 1. The maximum absolute atomic E-state index is 11.5. The zero-order chi connectivity index (χ0) is 11.4. The molecule has 0 fully saturated rings. The van der Waals surface area contributed by atoms with Crippen molar-refractivity contribution in [2.45, 2.75) is 19.9 Å². The number of benzene rings is 1. The van der Waals surface area contributed by atoms with E-state index in [1.54, 1.807) is 12.1 Å². The number of anilines is 1. The van der Waals surface area contributed by atoms with Gasteiger partial charge in [0.2, 0.25) is 5.91 Å². The van der Waals surface area contributed by atoms with Crippen LogP contribution in [0.1, 0.15) is 13.8 Å². The summed E-state index contributed by atoms with van der Waals surface area (Å²) in [4.78, 5) is 11.5. The van der Waals surface area contributed by atoms with E-state index in [1.165, 1.54) is 12.1 Å². The van der Waals surface area contributed by atoms with Crippen LogP contribution in [-0.2, 0) is 4.79 Å². The maximum Gasteiger partial charge on any atom is 0.241 e. The second-order valence-corrected chi connectivity index (χ2v) is 3.81. The summed E-state index contributed by atoms with van der Waals surface area (Å²) in [6.45, 7) is 3.78. The Bertz CT molecular complexity index is 333. The number of phenolic OH excluding ortho intramolecular Hbond substituents is 1. The fourth-order valence-electron chi connectivity index (χ4n) is 1.07. The minimum atomic E-state index is -0.515. The first-order chi connectivity index (χ1) is 7.00. The number of carbonyl (C=O) groups excluding carboxylic acids is 1. The van der Waals surface area contributed by atoms with Gasteiger partial charge < -0.3 is 16.2 Å². The molecule has 1 rings (SSSR count). The topological polar surface area (TPSA) is 75.4 Å². The van der Waals surface area contributed by atoms with E-state index < -0.39 is 6.04 Å². The number of phenols is 1. The highest BCUT2D eigenvalue weighted by molar-refractivity contribution is 5.94. The van der Waals surface area contributed by atoms with Gasteiger partial charge in [-0.25, -0.2) is 0 Å². The van der Waals surface area contributed by atoms with E-state index >= 15 is 0 Å². The Labute approximate surface area is 89.1 Å². The van der Waals surface area contributed by atoms with Gasteiger partial charge in [-0.05, 0) is 30.2 Å². The third kappa shape index (κ3) is 3.25. The maximum atomic E-state index is 11.5. The SMILES string of the molecule is CC(C)[C@@H](N)C(=O)Nc1ccc(O)cc1. The number of carbonyl (C=O) groups is 1. The van der Waals surface area contributed by atoms with Gasteiger partial charge in [-0.2, -0.15) is 0 Å². The standard InChI is InChI=1S/C11H16N2O2/c1-7(2)10(12)11(15)13-8-3-5-9(14)6-4-8/h3-7,10,14H,12H2,1-2H3,(H,13,15)/t10-/m1/s1.